The number of aliphatic carboxylic acids is 1. The van der Waals surface area contributed by atoms with Crippen molar-refractivity contribution in [3.05, 3.63) is 0 Å². The van der Waals surface area contributed by atoms with Gasteiger partial charge in [0.25, 0.3) is 0 Å². The highest BCUT2D eigenvalue weighted by Gasteiger charge is 2.31. The lowest BCUT2D eigenvalue weighted by Gasteiger charge is -2.27. The summed E-state index contributed by atoms with van der Waals surface area (Å²) in [5, 5.41) is 14.7. The van der Waals surface area contributed by atoms with Crippen molar-refractivity contribution in [1.29, 1.82) is 0 Å². The van der Waals surface area contributed by atoms with Gasteiger partial charge in [-0.1, -0.05) is 0 Å². The summed E-state index contributed by atoms with van der Waals surface area (Å²) in [6, 6.07) is -0.499. The van der Waals surface area contributed by atoms with Crippen LogP contribution in [0.4, 0.5) is 0 Å². The second-order valence-electron chi connectivity index (χ2n) is 3.12. The van der Waals surface area contributed by atoms with Gasteiger partial charge in [-0.3, -0.25) is 4.99 Å². The second-order valence-corrected chi connectivity index (χ2v) is 3.12. The number of amidine groups is 1. The number of aliphatic imine (C=N–C) groups is 1. The minimum atomic E-state index is -0.818. The SMILES string of the molecule is O=C(O)C1CN=C(C2CNC2)N1. The van der Waals surface area contributed by atoms with Gasteiger partial charge in [0.15, 0.2) is 0 Å². The van der Waals surface area contributed by atoms with Gasteiger partial charge in [0.2, 0.25) is 0 Å². The first-order valence-electron chi connectivity index (χ1n) is 4.02. The molecule has 0 radical (unpaired) electrons. The normalized spacial score (nSPS) is 29.0. The number of nitrogens with one attached hydrogen (secondary N) is 2. The van der Waals surface area contributed by atoms with Gasteiger partial charge in [0.1, 0.15) is 11.9 Å². The monoisotopic (exact) mass is 169 g/mol. The van der Waals surface area contributed by atoms with Crippen LogP contribution < -0.4 is 10.6 Å². The molecule has 2 aliphatic heterocycles. The molecule has 3 N–H and O–H groups in total. The van der Waals surface area contributed by atoms with Crippen LogP contribution in [-0.2, 0) is 4.79 Å². The summed E-state index contributed by atoms with van der Waals surface area (Å²) in [4.78, 5) is 14.7. The second kappa shape index (κ2) is 2.75. The minimum absolute atomic E-state index is 0.376. The van der Waals surface area contributed by atoms with Gasteiger partial charge in [-0.2, -0.15) is 0 Å². The van der Waals surface area contributed by atoms with Crippen LogP contribution in [0.2, 0.25) is 0 Å². The zero-order valence-electron chi connectivity index (χ0n) is 6.58. The van der Waals surface area contributed by atoms with Crippen molar-refractivity contribution < 1.29 is 9.90 Å². The third-order valence-electron chi connectivity index (χ3n) is 2.23. The van der Waals surface area contributed by atoms with E-state index in [4.69, 9.17) is 5.11 Å². The minimum Gasteiger partial charge on any atom is -0.480 e. The van der Waals surface area contributed by atoms with Gasteiger partial charge in [0, 0.05) is 19.0 Å². The lowest BCUT2D eigenvalue weighted by molar-refractivity contribution is -0.138. The molecule has 0 amide bonds. The van der Waals surface area contributed by atoms with E-state index in [0.717, 1.165) is 18.9 Å². The molecule has 1 saturated heterocycles. The number of nitrogens with zero attached hydrogens (tertiary/aromatic N) is 1. The third-order valence-corrected chi connectivity index (χ3v) is 2.23. The highest BCUT2D eigenvalue weighted by Crippen LogP contribution is 2.09. The van der Waals surface area contributed by atoms with E-state index in [9.17, 15) is 4.79 Å². The van der Waals surface area contributed by atoms with E-state index in [1.54, 1.807) is 0 Å². The summed E-state index contributed by atoms with van der Waals surface area (Å²) in [5.41, 5.74) is 0. The molecule has 0 aromatic carbocycles. The molecular formula is C7H11N3O2. The number of hydrogen-bond acceptors (Lipinski definition) is 4. The van der Waals surface area contributed by atoms with E-state index in [-0.39, 0.29) is 0 Å². The Balaban J connectivity index is 1.91. The molecule has 0 saturated carbocycles. The molecule has 2 heterocycles. The maximum Gasteiger partial charge on any atom is 0.328 e. The van der Waals surface area contributed by atoms with E-state index < -0.39 is 12.0 Å². The Kier molecular flexibility index (Phi) is 1.73. The molecule has 0 spiro atoms. The van der Waals surface area contributed by atoms with Crippen LogP contribution in [0.3, 0.4) is 0 Å². The highest BCUT2D eigenvalue weighted by molar-refractivity contribution is 5.92. The zero-order chi connectivity index (χ0) is 8.55. The summed E-state index contributed by atoms with van der Waals surface area (Å²) in [6.07, 6.45) is 0. The number of hydrogen-bond donors (Lipinski definition) is 3. The molecule has 0 bridgehead atoms. The molecule has 5 heteroatoms. The maximum absolute atomic E-state index is 10.5. The Morgan fingerprint density at radius 2 is 2.33 bits per heavy atom. The fourth-order valence-corrected chi connectivity index (χ4v) is 1.33. The van der Waals surface area contributed by atoms with Gasteiger partial charge >= 0.3 is 5.97 Å². The average Bonchev–Trinajstić information content (AvgIpc) is 2.32. The van der Waals surface area contributed by atoms with E-state index in [0.29, 0.717) is 12.5 Å². The van der Waals surface area contributed by atoms with E-state index >= 15 is 0 Å². The van der Waals surface area contributed by atoms with Crippen LogP contribution in [0.25, 0.3) is 0 Å². The number of carbonyl (C=O) groups is 1. The average molecular weight is 169 g/mol. The quantitative estimate of drug-likeness (QED) is 0.478. The van der Waals surface area contributed by atoms with Gasteiger partial charge < -0.3 is 15.7 Å². The summed E-state index contributed by atoms with van der Waals surface area (Å²) < 4.78 is 0. The van der Waals surface area contributed by atoms with Crippen LogP contribution in [0.5, 0.6) is 0 Å². The molecule has 12 heavy (non-hydrogen) atoms. The van der Waals surface area contributed by atoms with Crippen molar-refractivity contribution in [2.45, 2.75) is 6.04 Å². The molecule has 1 unspecified atom stereocenters. The molecule has 0 aliphatic carbocycles. The molecule has 0 aromatic rings. The standard InChI is InChI=1S/C7H11N3O2/c11-7(12)5-3-9-6(10-5)4-1-8-2-4/h4-5,8H,1-3H2,(H,9,10)(H,11,12). The Morgan fingerprint density at radius 1 is 1.58 bits per heavy atom. The first-order chi connectivity index (χ1) is 5.77. The highest BCUT2D eigenvalue weighted by atomic mass is 16.4. The summed E-state index contributed by atoms with van der Waals surface area (Å²) in [7, 11) is 0. The van der Waals surface area contributed by atoms with E-state index in [2.05, 4.69) is 15.6 Å². The lowest BCUT2D eigenvalue weighted by atomic mass is 10.0. The molecule has 1 atom stereocenters. The number of rotatable bonds is 2. The number of carboxylic acid groups (broad SMARTS) is 1. The fourth-order valence-electron chi connectivity index (χ4n) is 1.33. The van der Waals surface area contributed by atoms with Crippen LogP contribution >= 0.6 is 0 Å². The van der Waals surface area contributed by atoms with Crippen molar-refractivity contribution >= 4 is 11.8 Å². The Bertz CT molecular complexity index is 235. The van der Waals surface area contributed by atoms with Gasteiger partial charge in [-0.15, -0.1) is 0 Å². The van der Waals surface area contributed by atoms with E-state index in [1.807, 2.05) is 0 Å². The Labute approximate surface area is 69.9 Å². The first kappa shape index (κ1) is 7.54. The fraction of sp³-hybridized carbons (Fsp3) is 0.714. The van der Waals surface area contributed by atoms with Crippen molar-refractivity contribution in [3.8, 4) is 0 Å². The summed E-state index contributed by atoms with van der Waals surface area (Å²) >= 11 is 0. The van der Waals surface area contributed by atoms with Gasteiger partial charge in [-0.05, 0) is 0 Å². The third kappa shape index (κ3) is 1.16. The van der Waals surface area contributed by atoms with Crippen LogP contribution in [0, 0.1) is 5.92 Å². The summed E-state index contributed by atoms with van der Waals surface area (Å²) in [5.74, 6) is 0.455. The van der Waals surface area contributed by atoms with Gasteiger partial charge in [-0.25, -0.2) is 4.79 Å². The van der Waals surface area contributed by atoms with Crippen molar-refractivity contribution in [1.82, 2.24) is 10.6 Å². The molecule has 1 fully saturated rings. The van der Waals surface area contributed by atoms with Crippen molar-refractivity contribution in [2.24, 2.45) is 10.9 Å². The van der Waals surface area contributed by atoms with E-state index in [1.165, 1.54) is 0 Å². The Morgan fingerprint density at radius 3 is 2.75 bits per heavy atom. The van der Waals surface area contributed by atoms with Crippen molar-refractivity contribution in [2.75, 3.05) is 19.6 Å². The summed E-state index contributed by atoms with van der Waals surface area (Å²) in [6.45, 7) is 2.21. The predicted octanol–water partition coefficient (Wildman–Crippen LogP) is -1.34. The van der Waals surface area contributed by atoms with Crippen molar-refractivity contribution in [3.63, 3.8) is 0 Å². The van der Waals surface area contributed by atoms with Crippen LogP contribution in [0.1, 0.15) is 0 Å². The zero-order valence-corrected chi connectivity index (χ0v) is 6.58. The largest absolute Gasteiger partial charge is 0.480 e. The molecule has 66 valence electrons. The number of carboxylic acids is 1. The van der Waals surface area contributed by atoms with Crippen LogP contribution in [0.15, 0.2) is 4.99 Å². The molecule has 0 aromatic heterocycles. The molecule has 5 nitrogen and oxygen atoms in total. The molecule has 2 aliphatic rings. The Hall–Kier alpha value is -1.10. The smallest absolute Gasteiger partial charge is 0.328 e. The maximum atomic E-state index is 10.5. The van der Waals surface area contributed by atoms with Crippen LogP contribution in [-0.4, -0.2) is 42.6 Å². The lowest BCUT2D eigenvalue weighted by Crippen LogP contribution is -2.51. The van der Waals surface area contributed by atoms with Gasteiger partial charge in [0.05, 0.1) is 6.54 Å². The molecule has 2 rings (SSSR count). The predicted molar refractivity (Wildman–Crippen MR) is 43.2 cm³/mol. The molecular weight excluding hydrogens is 158 g/mol. The topological polar surface area (TPSA) is 73.7 Å². The first-order valence-corrected chi connectivity index (χ1v) is 4.02.